The molecular formula is C22H25NO5S. The molecule has 0 heterocycles. The normalized spacial score (nSPS) is 11.4. The molecule has 7 heteroatoms. The first-order valence-electron chi connectivity index (χ1n) is 9.25. The van der Waals surface area contributed by atoms with Crippen molar-refractivity contribution in [1.29, 1.82) is 0 Å². The number of aryl methyl sites for hydroxylation is 1. The first kappa shape index (κ1) is 21.0. The Balaban J connectivity index is 1.62. The third-order valence-electron chi connectivity index (χ3n) is 4.71. The van der Waals surface area contributed by atoms with Crippen LogP contribution in [0.25, 0.3) is 10.8 Å². The van der Waals surface area contributed by atoms with Crippen molar-refractivity contribution in [2.45, 2.75) is 17.7 Å². The summed E-state index contributed by atoms with van der Waals surface area (Å²) in [5, 5.41) is 1.77. The number of hydrogen-bond acceptors (Lipinski definition) is 5. The van der Waals surface area contributed by atoms with E-state index in [2.05, 4.69) is 4.72 Å². The van der Waals surface area contributed by atoms with Crippen LogP contribution in [0.15, 0.2) is 59.5 Å². The zero-order valence-corrected chi connectivity index (χ0v) is 17.6. The van der Waals surface area contributed by atoms with Crippen molar-refractivity contribution in [2.75, 3.05) is 27.9 Å². The number of fused-ring (bicyclic) bond motifs is 1. The van der Waals surface area contributed by atoms with Gasteiger partial charge in [-0.2, -0.15) is 0 Å². The van der Waals surface area contributed by atoms with E-state index in [1.54, 1.807) is 39.5 Å². The Kier molecular flexibility index (Phi) is 6.61. The van der Waals surface area contributed by atoms with E-state index in [1.165, 1.54) is 0 Å². The summed E-state index contributed by atoms with van der Waals surface area (Å²) in [6, 6.07) is 16.3. The van der Waals surface area contributed by atoms with Gasteiger partial charge in [-0.3, -0.25) is 0 Å². The van der Waals surface area contributed by atoms with E-state index in [-0.39, 0.29) is 4.90 Å². The SMILES string of the molecule is COc1ccc2cc(S(=O)(=O)NCCCc3ccc(OC)c(OC)c3)ccc2c1. The van der Waals surface area contributed by atoms with Gasteiger partial charge in [-0.05, 0) is 65.6 Å². The molecule has 0 unspecified atom stereocenters. The van der Waals surface area contributed by atoms with Gasteiger partial charge in [0.2, 0.25) is 10.0 Å². The van der Waals surface area contributed by atoms with Crippen LogP contribution in [0.4, 0.5) is 0 Å². The fourth-order valence-electron chi connectivity index (χ4n) is 3.11. The number of benzene rings is 3. The molecule has 29 heavy (non-hydrogen) atoms. The lowest BCUT2D eigenvalue weighted by atomic mass is 10.1. The van der Waals surface area contributed by atoms with Gasteiger partial charge in [0.25, 0.3) is 0 Å². The molecule has 0 bridgehead atoms. The summed E-state index contributed by atoms with van der Waals surface area (Å²) in [6.45, 7) is 0.345. The van der Waals surface area contributed by atoms with Crippen LogP contribution >= 0.6 is 0 Å². The van der Waals surface area contributed by atoms with Crippen LogP contribution < -0.4 is 18.9 Å². The second kappa shape index (κ2) is 9.15. The standard InChI is InChI=1S/C22H25NO5S/c1-26-19-9-7-18-15-20(10-8-17(18)14-19)29(24,25)23-12-4-5-16-6-11-21(27-2)22(13-16)28-3/h6-11,13-15,23H,4-5,12H2,1-3H3. The summed E-state index contributed by atoms with van der Waals surface area (Å²) in [6.07, 6.45) is 1.39. The van der Waals surface area contributed by atoms with Gasteiger partial charge in [-0.25, -0.2) is 13.1 Å². The Bertz CT molecular complexity index is 1100. The molecule has 0 atom stereocenters. The van der Waals surface area contributed by atoms with Crippen LogP contribution in [0.3, 0.4) is 0 Å². The number of nitrogens with one attached hydrogen (secondary N) is 1. The Hall–Kier alpha value is -2.77. The quantitative estimate of drug-likeness (QED) is 0.539. The molecule has 0 aliphatic heterocycles. The molecule has 0 saturated carbocycles. The van der Waals surface area contributed by atoms with Gasteiger partial charge in [0.1, 0.15) is 5.75 Å². The highest BCUT2D eigenvalue weighted by atomic mass is 32.2. The van der Waals surface area contributed by atoms with Crippen LogP contribution in [0.1, 0.15) is 12.0 Å². The largest absolute Gasteiger partial charge is 0.497 e. The summed E-state index contributed by atoms with van der Waals surface area (Å²) >= 11 is 0. The van der Waals surface area contributed by atoms with Crippen molar-refractivity contribution in [3.63, 3.8) is 0 Å². The fourth-order valence-corrected chi connectivity index (χ4v) is 4.22. The van der Waals surface area contributed by atoms with Crippen molar-refractivity contribution in [2.24, 2.45) is 0 Å². The Morgan fingerprint density at radius 1 is 0.793 bits per heavy atom. The average molecular weight is 416 g/mol. The minimum absolute atomic E-state index is 0.251. The van der Waals surface area contributed by atoms with Crippen LogP contribution in [-0.2, 0) is 16.4 Å². The summed E-state index contributed by atoms with van der Waals surface area (Å²) in [4.78, 5) is 0.251. The van der Waals surface area contributed by atoms with Gasteiger partial charge in [-0.1, -0.05) is 18.2 Å². The Morgan fingerprint density at radius 3 is 2.24 bits per heavy atom. The minimum atomic E-state index is -3.57. The van der Waals surface area contributed by atoms with E-state index in [9.17, 15) is 8.42 Å². The van der Waals surface area contributed by atoms with E-state index in [4.69, 9.17) is 14.2 Å². The minimum Gasteiger partial charge on any atom is -0.497 e. The second-order valence-corrected chi connectivity index (χ2v) is 8.33. The van der Waals surface area contributed by atoms with Crippen LogP contribution in [-0.4, -0.2) is 36.3 Å². The molecular weight excluding hydrogens is 390 g/mol. The maximum absolute atomic E-state index is 12.6. The van der Waals surface area contributed by atoms with Crippen LogP contribution in [0.5, 0.6) is 17.2 Å². The molecule has 0 aliphatic carbocycles. The molecule has 0 saturated heterocycles. The highest BCUT2D eigenvalue weighted by Crippen LogP contribution is 2.28. The zero-order valence-electron chi connectivity index (χ0n) is 16.8. The molecule has 0 spiro atoms. The third-order valence-corrected chi connectivity index (χ3v) is 6.17. The van der Waals surface area contributed by atoms with Gasteiger partial charge >= 0.3 is 0 Å². The van der Waals surface area contributed by atoms with E-state index in [0.29, 0.717) is 24.5 Å². The second-order valence-electron chi connectivity index (χ2n) is 6.57. The van der Waals surface area contributed by atoms with Crippen LogP contribution in [0, 0.1) is 0 Å². The van der Waals surface area contributed by atoms with Gasteiger partial charge in [0, 0.05) is 6.54 Å². The van der Waals surface area contributed by atoms with Crippen molar-refractivity contribution in [1.82, 2.24) is 4.72 Å². The van der Waals surface area contributed by atoms with E-state index >= 15 is 0 Å². The molecule has 6 nitrogen and oxygen atoms in total. The number of sulfonamides is 1. The fraction of sp³-hybridized carbons (Fsp3) is 0.273. The Labute approximate surface area is 171 Å². The number of ether oxygens (including phenoxy) is 3. The van der Waals surface area contributed by atoms with Crippen molar-refractivity contribution in [3.8, 4) is 17.2 Å². The van der Waals surface area contributed by atoms with E-state index < -0.39 is 10.0 Å². The van der Waals surface area contributed by atoms with Gasteiger partial charge in [0.05, 0.1) is 26.2 Å². The topological polar surface area (TPSA) is 73.9 Å². The average Bonchev–Trinajstić information content (AvgIpc) is 2.75. The molecule has 0 radical (unpaired) electrons. The van der Waals surface area contributed by atoms with Gasteiger partial charge in [-0.15, -0.1) is 0 Å². The van der Waals surface area contributed by atoms with E-state index in [0.717, 1.165) is 28.5 Å². The maximum Gasteiger partial charge on any atom is 0.240 e. The smallest absolute Gasteiger partial charge is 0.240 e. The highest BCUT2D eigenvalue weighted by molar-refractivity contribution is 7.89. The molecule has 3 rings (SSSR count). The molecule has 3 aromatic carbocycles. The lowest BCUT2D eigenvalue weighted by Gasteiger charge is -2.10. The lowest BCUT2D eigenvalue weighted by Crippen LogP contribution is -2.25. The summed E-state index contributed by atoms with van der Waals surface area (Å²) < 4.78 is 43.7. The molecule has 0 aromatic heterocycles. The predicted molar refractivity (Wildman–Crippen MR) is 114 cm³/mol. The van der Waals surface area contributed by atoms with Crippen molar-refractivity contribution < 1.29 is 22.6 Å². The molecule has 0 amide bonds. The molecule has 0 fully saturated rings. The monoisotopic (exact) mass is 415 g/mol. The number of rotatable bonds is 9. The third kappa shape index (κ3) is 4.99. The lowest BCUT2D eigenvalue weighted by molar-refractivity contribution is 0.354. The summed E-state index contributed by atoms with van der Waals surface area (Å²) in [5.41, 5.74) is 1.06. The molecule has 3 aromatic rings. The molecule has 154 valence electrons. The highest BCUT2D eigenvalue weighted by Gasteiger charge is 2.14. The Morgan fingerprint density at radius 2 is 1.52 bits per heavy atom. The molecule has 1 N–H and O–H groups in total. The van der Waals surface area contributed by atoms with Gasteiger partial charge < -0.3 is 14.2 Å². The van der Waals surface area contributed by atoms with Crippen molar-refractivity contribution >= 4 is 20.8 Å². The first-order valence-corrected chi connectivity index (χ1v) is 10.7. The summed E-state index contributed by atoms with van der Waals surface area (Å²) in [7, 11) is 1.22. The summed E-state index contributed by atoms with van der Waals surface area (Å²) in [5.74, 6) is 2.07. The number of hydrogen-bond donors (Lipinski definition) is 1. The predicted octanol–water partition coefficient (Wildman–Crippen LogP) is 3.78. The maximum atomic E-state index is 12.6. The molecule has 0 aliphatic rings. The van der Waals surface area contributed by atoms with Crippen LogP contribution in [0.2, 0.25) is 0 Å². The zero-order chi connectivity index (χ0) is 20.9. The van der Waals surface area contributed by atoms with Gasteiger partial charge in [0.15, 0.2) is 11.5 Å². The first-order chi connectivity index (χ1) is 14.0. The number of methoxy groups -OCH3 is 3. The van der Waals surface area contributed by atoms with Crippen molar-refractivity contribution in [3.05, 3.63) is 60.2 Å². The van der Waals surface area contributed by atoms with E-state index in [1.807, 2.05) is 36.4 Å².